The molecule has 9 nitrogen and oxygen atoms in total. The van der Waals surface area contributed by atoms with Crippen LogP contribution in [-0.4, -0.2) is 68.5 Å². The summed E-state index contributed by atoms with van der Waals surface area (Å²) in [6, 6.07) is -0.587. The number of ether oxygens (including phenoxy) is 1. The van der Waals surface area contributed by atoms with Gasteiger partial charge in [-0.3, -0.25) is 9.59 Å². The van der Waals surface area contributed by atoms with Gasteiger partial charge in [0, 0.05) is 45.9 Å². The Kier molecular flexibility index (Phi) is 7.78. The van der Waals surface area contributed by atoms with Gasteiger partial charge in [-0.1, -0.05) is 0 Å². The second-order valence-corrected chi connectivity index (χ2v) is 8.43. The molecule has 29 heavy (non-hydrogen) atoms. The predicted octanol–water partition coefficient (Wildman–Crippen LogP) is 0.648. The Balaban J connectivity index is 1.97. The van der Waals surface area contributed by atoms with Gasteiger partial charge in [0.15, 0.2) is 5.82 Å². The van der Waals surface area contributed by atoms with Gasteiger partial charge in [0.1, 0.15) is 18.2 Å². The SMILES string of the molecule is CC(=O)N1CCC[C@@H]1C(=O)N(CCC[NH2+]Cc1nccn1C)C(=O)OC(C)(C)C. The second-order valence-electron chi connectivity index (χ2n) is 8.43. The van der Waals surface area contributed by atoms with Crippen molar-refractivity contribution in [2.24, 2.45) is 7.05 Å². The molecule has 2 rings (SSSR count). The topological polar surface area (TPSA) is 101 Å². The summed E-state index contributed by atoms with van der Waals surface area (Å²) in [6.07, 6.45) is 4.96. The first-order valence-electron chi connectivity index (χ1n) is 10.2. The lowest BCUT2D eigenvalue weighted by Gasteiger charge is -2.30. The molecule has 0 bridgehead atoms. The van der Waals surface area contributed by atoms with Crippen LogP contribution in [0, 0.1) is 0 Å². The van der Waals surface area contributed by atoms with E-state index in [0.29, 0.717) is 19.4 Å². The van der Waals surface area contributed by atoms with Crippen LogP contribution in [0.25, 0.3) is 0 Å². The van der Waals surface area contributed by atoms with Gasteiger partial charge in [0.25, 0.3) is 5.91 Å². The van der Waals surface area contributed by atoms with Crippen molar-refractivity contribution in [3.8, 4) is 0 Å². The van der Waals surface area contributed by atoms with Crippen LogP contribution in [0.2, 0.25) is 0 Å². The van der Waals surface area contributed by atoms with E-state index in [1.807, 2.05) is 17.8 Å². The standard InChI is InChI=1S/C20H33N5O4/c1-15(26)24-11-6-8-16(24)18(27)25(19(28)29-20(2,3)4)12-7-9-21-14-17-22-10-13-23(17)5/h10,13,16,21H,6-9,11-12,14H2,1-5H3/p+1/t16-/m1/s1. The number of nitrogens with two attached hydrogens (primary N) is 1. The van der Waals surface area contributed by atoms with Crippen molar-refractivity contribution in [3.63, 3.8) is 0 Å². The van der Waals surface area contributed by atoms with Crippen molar-refractivity contribution in [3.05, 3.63) is 18.2 Å². The van der Waals surface area contributed by atoms with E-state index in [2.05, 4.69) is 10.3 Å². The molecule has 0 spiro atoms. The highest BCUT2D eigenvalue weighted by Crippen LogP contribution is 2.21. The van der Waals surface area contributed by atoms with Crippen molar-refractivity contribution < 1.29 is 24.4 Å². The molecule has 162 valence electrons. The average Bonchev–Trinajstić information content (AvgIpc) is 3.25. The number of carbonyl (C=O) groups is 3. The van der Waals surface area contributed by atoms with E-state index in [1.54, 1.807) is 31.9 Å². The van der Waals surface area contributed by atoms with Crippen LogP contribution < -0.4 is 5.32 Å². The Morgan fingerprint density at radius 3 is 2.66 bits per heavy atom. The first-order valence-corrected chi connectivity index (χ1v) is 10.2. The van der Waals surface area contributed by atoms with E-state index in [-0.39, 0.29) is 18.4 Å². The minimum absolute atomic E-state index is 0.145. The van der Waals surface area contributed by atoms with Crippen molar-refractivity contribution >= 4 is 17.9 Å². The molecular weight excluding hydrogens is 374 g/mol. The first-order chi connectivity index (χ1) is 13.6. The van der Waals surface area contributed by atoms with Crippen molar-refractivity contribution in [2.75, 3.05) is 19.6 Å². The fourth-order valence-electron chi connectivity index (χ4n) is 3.41. The van der Waals surface area contributed by atoms with E-state index < -0.39 is 17.7 Å². The number of imidazole rings is 1. The summed E-state index contributed by atoms with van der Waals surface area (Å²) in [7, 11) is 1.95. The van der Waals surface area contributed by atoms with Gasteiger partial charge in [-0.25, -0.2) is 14.7 Å². The molecule has 9 heteroatoms. The fourth-order valence-corrected chi connectivity index (χ4v) is 3.41. The quantitative estimate of drug-likeness (QED) is 0.668. The second kappa shape index (κ2) is 9.87. The lowest BCUT2D eigenvalue weighted by Crippen LogP contribution is -2.83. The van der Waals surface area contributed by atoms with E-state index in [4.69, 9.17) is 4.74 Å². The Hall–Kier alpha value is -2.42. The lowest BCUT2D eigenvalue weighted by atomic mass is 10.2. The molecule has 1 saturated heterocycles. The zero-order valence-corrected chi connectivity index (χ0v) is 18.2. The molecule has 3 amide bonds. The normalized spacial score (nSPS) is 16.7. The Bertz CT molecular complexity index is 725. The number of aryl methyl sites for hydroxylation is 1. The summed E-state index contributed by atoms with van der Waals surface area (Å²) >= 11 is 0. The van der Waals surface area contributed by atoms with Crippen molar-refractivity contribution in [1.82, 2.24) is 19.4 Å². The van der Waals surface area contributed by atoms with Gasteiger partial charge < -0.3 is 19.5 Å². The number of amides is 3. The summed E-state index contributed by atoms with van der Waals surface area (Å²) in [5, 5.41) is 2.09. The molecule has 1 atom stereocenters. The Labute approximate surface area is 172 Å². The summed E-state index contributed by atoms with van der Waals surface area (Å²) in [5.74, 6) is 0.470. The molecule has 0 radical (unpaired) electrons. The zero-order valence-electron chi connectivity index (χ0n) is 18.2. The molecular formula is C20H34N5O4+. The summed E-state index contributed by atoms with van der Waals surface area (Å²) in [4.78, 5) is 44.6. The van der Waals surface area contributed by atoms with Crippen LogP contribution in [0.3, 0.4) is 0 Å². The summed E-state index contributed by atoms with van der Waals surface area (Å²) in [5.41, 5.74) is -0.699. The van der Waals surface area contributed by atoms with Gasteiger partial charge in [-0.15, -0.1) is 0 Å². The largest absolute Gasteiger partial charge is 0.443 e. The van der Waals surface area contributed by atoms with Gasteiger partial charge in [0.2, 0.25) is 5.91 Å². The van der Waals surface area contributed by atoms with Crippen LogP contribution in [-0.2, 0) is 27.9 Å². The van der Waals surface area contributed by atoms with Crippen LogP contribution in [0.1, 0.15) is 52.8 Å². The highest BCUT2D eigenvalue weighted by Gasteiger charge is 2.38. The molecule has 1 aromatic heterocycles. The highest BCUT2D eigenvalue weighted by atomic mass is 16.6. The average molecular weight is 409 g/mol. The third-order valence-electron chi connectivity index (χ3n) is 4.86. The molecule has 1 aromatic rings. The molecule has 1 fully saturated rings. The molecule has 2 heterocycles. The number of carbonyl (C=O) groups excluding carboxylic acids is 3. The molecule has 1 aliphatic heterocycles. The maximum Gasteiger partial charge on any atom is 0.417 e. The van der Waals surface area contributed by atoms with Crippen molar-refractivity contribution in [2.45, 2.75) is 65.1 Å². The maximum absolute atomic E-state index is 13.1. The minimum atomic E-state index is -0.699. The fraction of sp³-hybridized carbons (Fsp3) is 0.700. The highest BCUT2D eigenvalue weighted by molar-refractivity contribution is 5.97. The van der Waals surface area contributed by atoms with Crippen LogP contribution in [0.15, 0.2) is 12.4 Å². The van der Waals surface area contributed by atoms with Crippen LogP contribution in [0.5, 0.6) is 0 Å². The van der Waals surface area contributed by atoms with E-state index in [1.165, 1.54) is 11.8 Å². The first kappa shape index (κ1) is 22.9. The number of aromatic nitrogens is 2. The lowest BCUT2D eigenvalue weighted by molar-refractivity contribution is -0.672. The minimum Gasteiger partial charge on any atom is -0.443 e. The van der Waals surface area contributed by atoms with Gasteiger partial charge in [0.05, 0.1) is 6.54 Å². The smallest absolute Gasteiger partial charge is 0.417 e. The van der Waals surface area contributed by atoms with E-state index in [9.17, 15) is 14.4 Å². The van der Waals surface area contributed by atoms with Gasteiger partial charge in [-0.2, -0.15) is 0 Å². The Morgan fingerprint density at radius 1 is 1.34 bits per heavy atom. The van der Waals surface area contributed by atoms with Crippen molar-refractivity contribution in [1.29, 1.82) is 0 Å². The Morgan fingerprint density at radius 2 is 2.07 bits per heavy atom. The maximum atomic E-state index is 13.1. The number of quaternary nitrogens is 1. The monoisotopic (exact) mass is 408 g/mol. The van der Waals surface area contributed by atoms with E-state index >= 15 is 0 Å². The number of hydrogen-bond donors (Lipinski definition) is 1. The molecule has 0 saturated carbocycles. The predicted molar refractivity (Wildman–Crippen MR) is 107 cm³/mol. The third-order valence-corrected chi connectivity index (χ3v) is 4.86. The number of imide groups is 1. The molecule has 2 N–H and O–H groups in total. The number of nitrogens with zero attached hydrogens (tertiary/aromatic N) is 4. The van der Waals surface area contributed by atoms with Crippen LogP contribution in [0.4, 0.5) is 4.79 Å². The van der Waals surface area contributed by atoms with Gasteiger partial charge in [-0.05, 0) is 33.6 Å². The third kappa shape index (κ3) is 6.56. The number of rotatable bonds is 7. The summed E-state index contributed by atoms with van der Waals surface area (Å²) in [6.45, 7) is 9.03. The molecule has 0 unspecified atom stereocenters. The molecule has 0 aromatic carbocycles. The zero-order chi connectivity index (χ0) is 21.6. The number of likely N-dealkylation sites (tertiary alicyclic amines) is 1. The summed E-state index contributed by atoms with van der Waals surface area (Å²) < 4.78 is 7.41. The van der Waals surface area contributed by atoms with Crippen LogP contribution >= 0.6 is 0 Å². The molecule has 0 aliphatic carbocycles. The van der Waals surface area contributed by atoms with Gasteiger partial charge >= 0.3 is 6.09 Å². The van der Waals surface area contributed by atoms with E-state index in [0.717, 1.165) is 25.3 Å². The molecule has 1 aliphatic rings. The number of hydrogen-bond acceptors (Lipinski definition) is 5.